The average molecular weight is 643 g/mol. The van der Waals surface area contributed by atoms with Gasteiger partial charge in [-0.25, -0.2) is 8.42 Å². The zero-order valence-electron chi connectivity index (χ0n) is 24.4. The minimum Gasteiger partial charge on any atom is -0.354 e. The van der Waals surface area contributed by atoms with Crippen LogP contribution in [0.15, 0.2) is 83.3 Å². The van der Waals surface area contributed by atoms with E-state index >= 15 is 0 Å². The van der Waals surface area contributed by atoms with Gasteiger partial charge in [0.25, 0.3) is 0 Å². The van der Waals surface area contributed by atoms with E-state index < -0.39 is 28.5 Å². The van der Waals surface area contributed by atoms with Crippen LogP contribution in [0.5, 0.6) is 0 Å². The molecule has 7 nitrogen and oxygen atoms in total. The number of carbonyl (C=O) groups is 2. The lowest BCUT2D eigenvalue weighted by molar-refractivity contribution is -0.140. The molecule has 9 heteroatoms. The summed E-state index contributed by atoms with van der Waals surface area (Å²) in [4.78, 5) is 29.3. The molecular weight excluding hydrogens is 602 g/mol. The van der Waals surface area contributed by atoms with Gasteiger partial charge in [0.05, 0.1) is 11.9 Å². The summed E-state index contributed by atoms with van der Waals surface area (Å²) in [7, 11) is -3.81. The summed E-state index contributed by atoms with van der Waals surface area (Å²) in [6.07, 6.45) is 1.38. The summed E-state index contributed by atoms with van der Waals surface area (Å²) in [5, 5.41) is 2.99. The number of nitrogens with zero attached hydrogens (tertiary/aromatic N) is 2. The number of benzene rings is 3. The van der Waals surface area contributed by atoms with E-state index in [0.717, 1.165) is 31.7 Å². The maximum Gasteiger partial charge on any atom is 0.244 e. The van der Waals surface area contributed by atoms with Crippen LogP contribution in [-0.4, -0.2) is 50.5 Å². The second kappa shape index (κ2) is 14.6. The molecule has 0 aliphatic rings. The third kappa shape index (κ3) is 9.71. The summed E-state index contributed by atoms with van der Waals surface area (Å²) < 4.78 is 27.9. The van der Waals surface area contributed by atoms with Gasteiger partial charge < -0.3 is 10.2 Å². The number of halogens is 1. The number of sulfonamides is 1. The lowest BCUT2D eigenvalue weighted by atomic mass is 10.0. The Hall–Kier alpha value is -3.17. The Kier molecular flexibility index (Phi) is 11.5. The third-order valence-electron chi connectivity index (χ3n) is 6.75. The smallest absolute Gasteiger partial charge is 0.244 e. The van der Waals surface area contributed by atoms with E-state index in [4.69, 9.17) is 0 Å². The maximum atomic E-state index is 14.1. The lowest BCUT2D eigenvalue weighted by Gasteiger charge is -2.33. The Morgan fingerprint density at radius 1 is 0.854 bits per heavy atom. The minimum atomic E-state index is -3.81. The van der Waals surface area contributed by atoms with Gasteiger partial charge >= 0.3 is 0 Å². The van der Waals surface area contributed by atoms with E-state index in [9.17, 15) is 18.0 Å². The first-order valence-corrected chi connectivity index (χ1v) is 16.4. The Labute approximate surface area is 253 Å². The molecule has 3 rings (SSSR count). The van der Waals surface area contributed by atoms with E-state index in [0.29, 0.717) is 12.2 Å². The number of hydrogen-bond acceptors (Lipinski definition) is 4. The highest BCUT2D eigenvalue weighted by Gasteiger charge is 2.33. The molecule has 0 saturated carbocycles. The molecular formula is C32H40BrN3O4S. The largest absolute Gasteiger partial charge is 0.354 e. The van der Waals surface area contributed by atoms with Crippen molar-refractivity contribution >= 4 is 43.5 Å². The van der Waals surface area contributed by atoms with Crippen molar-refractivity contribution < 1.29 is 18.0 Å². The second-order valence-electron chi connectivity index (χ2n) is 11.0. The number of amides is 2. The Bertz CT molecular complexity index is 1390. The zero-order chi connectivity index (χ0) is 30.2. The molecule has 0 saturated heterocycles. The normalized spacial score (nSPS) is 12.3. The molecule has 1 unspecified atom stereocenters. The third-order valence-corrected chi connectivity index (χ3v) is 8.42. The van der Waals surface area contributed by atoms with Crippen molar-refractivity contribution in [3.05, 3.63) is 100 Å². The fourth-order valence-corrected chi connectivity index (χ4v) is 5.52. The summed E-state index contributed by atoms with van der Waals surface area (Å²) >= 11 is 3.45. The van der Waals surface area contributed by atoms with Crippen LogP contribution in [0.1, 0.15) is 50.3 Å². The molecule has 3 aromatic carbocycles. The van der Waals surface area contributed by atoms with Gasteiger partial charge in [-0.3, -0.25) is 13.9 Å². The van der Waals surface area contributed by atoms with Gasteiger partial charge in [0.2, 0.25) is 21.8 Å². The first-order chi connectivity index (χ1) is 19.3. The molecule has 0 aromatic heterocycles. The van der Waals surface area contributed by atoms with E-state index in [1.807, 2.05) is 80.6 Å². The molecule has 1 N–H and O–H groups in total. The highest BCUT2D eigenvalue weighted by Crippen LogP contribution is 2.23. The average Bonchev–Trinajstić information content (AvgIpc) is 2.93. The number of carbonyl (C=O) groups excluding carboxylic acids is 2. The van der Waals surface area contributed by atoms with Gasteiger partial charge in [0, 0.05) is 24.0 Å². The fraction of sp³-hybridized carbons (Fsp3) is 0.375. The molecule has 0 heterocycles. The van der Waals surface area contributed by atoms with Crippen molar-refractivity contribution in [2.24, 2.45) is 5.92 Å². The Morgan fingerprint density at radius 3 is 2.00 bits per heavy atom. The van der Waals surface area contributed by atoms with E-state index in [1.54, 1.807) is 12.1 Å². The van der Waals surface area contributed by atoms with Crippen LogP contribution in [-0.2, 0) is 32.6 Å². The first-order valence-electron chi connectivity index (χ1n) is 13.8. The predicted molar refractivity (Wildman–Crippen MR) is 169 cm³/mol. The monoisotopic (exact) mass is 641 g/mol. The molecule has 0 radical (unpaired) electrons. The molecule has 2 amide bonds. The molecule has 3 aromatic rings. The SMILES string of the molecule is CC(C)CNC(=O)C(Cc1ccccc1)N(Cc1ccc(Br)cc1)C(=O)CN(c1ccc(C(C)C)cc1)S(C)(=O)=O. The molecule has 220 valence electrons. The Balaban J connectivity index is 2.03. The van der Waals surface area contributed by atoms with Crippen LogP contribution in [0, 0.1) is 5.92 Å². The topological polar surface area (TPSA) is 86.8 Å². The highest BCUT2D eigenvalue weighted by molar-refractivity contribution is 9.10. The molecule has 0 aliphatic heterocycles. The first kappa shape index (κ1) is 32.3. The van der Waals surface area contributed by atoms with Crippen molar-refractivity contribution in [1.29, 1.82) is 0 Å². The fourth-order valence-electron chi connectivity index (χ4n) is 4.40. The van der Waals surface area contributed by atoms with Crippen molar-refractivity contribution in [2.45, 2.75) is 52.6 Å². The highest BCUT2D eigenvalue weighted by atomic mass is 79.9. The zero-order valence-corrected chi connectivity index (χ0v) is 26.8. The van der Waals surface area contributed by atoms with Crippen LogP contribution in [0.2, 0.25) is 0 Å². The Morgan fingerprint density at radius 2 is 1.46 bits per heavy atom. The van der Waals surface area contributed by atoms with Gasteiger partial charge in [-0.05, 0) is 52.8 Å². The summed E-state index contributed by atoms with van der Waals surface area (Å²) in [6, 6.07) is 23.4. The molecule has 0 aliphatic carbocycles. The van der Waals surface area contributed by atoms with E-state index in [-0.39, 0.29) is 30.7 Å². The molecule has 1 atom stereocenters. The number of hydrogen-bond donors (Lipinski definition) is 1. The predicted octanol–water partition coefficient (Wildman–Crippen LogP) is 5.75. The molecule has 0 spiro atoms. The van der Waals surface area contributed by atoms with E-state index in [1.165, 1.54) is 4.90 Å². The van der Waals surface area contributed by atoms with Crippen molar-refractivity contribution in [3.63, 3.8) is 0 Å². The molecule has 0 fully saturated rings. The maximum absolute atomic E-state index is 14.1. The quantitative estimate of drug-likeness (QED) is 0.257. The van der Waals surface area contributed by atoms with Crippen LogP contribution >= 0.6 is 15.9 Å². The van der Waals surface area contributed by atoms with Gasteiger partial charge in [0.15, 0.2) is 0 Å². The van der Waals surface area contributed by atoms with Crippen LogP contribution in [0.3, 0.4) is 0 Å². The number of nitrogens with one attached hydrogen (secondary N) is 1. The van der Waals surface area contributed by atoms with Crippen molar-refractivity contribution in [3.8, 4) is 0 Å². The molecule has 0 bridgehead atoms. The van der Waals surface area contributed by atoms with Gasteiger partial charge in [-0.2, -0.15) is 0 Å². The van der Waals surface area contributed by atoms with Crippen LogP contribution < -0.4 is 9.62 Å². The van der Waals surface area contributed by atoms with Gasteiger partial charge in [-0.15, -0.1) is 0 Å². The standard InChI is InChI=1S/C32H40BrN3O4S/c1-23(2)20-34-32(38)30(19-25-9-7-6-8-10-25)35(21-26-11-15-28(33)16-12-26)31(37)22-36(41(5,39)40)29-17-13-27(14-18-29)24(3)4/h6-18,23-24,30H,19-22H2,1-5H3,(H,34,38). The van der Waals surface area contributed by atoms with Crippen molar-refractivity contribution in [2.75, 3.05) is 23.7 Å². The van der Waals surface area contributed by atoms with Crippen LogP contribution in [0.25, 0.3) is 0 Å². The summed E-state index contributed by atoms with van der Waals surface area (Å²) in [6.45, 7) is 8.30. The lowest BCUT2D eigenvalue weighted by Crippen LogP contribution is -2.53. The minimum absolute atomic E-state index is 0.141. The number of anilines is 1. The van der Waals surface area contributed by atoms with E-state index in [2.05, 4.69) is 35.1 Å². The second-order valence-corrected chi connectivity index (χ2v) is 13.8. The summed E-state index contributed by atoms with van der Waals surface area (Å²) in [5.74, 6) is -0.240. The van der Waals surface area contributed by atoms with Crippen molar-refractivity contribution in [1.82, 2.24) is 10.2 Å². The number of rotatable bonds is 13. The van der Waals surface area contributed by atoms with Gasteiger partial charge in [0.1, 0.15) is 12.6 Å². The van der Waals surface area contributed by atoms with Gasteiger partial charge in [-0.1, -0.05) is 98.2 Å². The molecule has 41 heavy (non-hydrogen) atoms. The van der Waals surface area contributed by atoms with Crippen LogP contribution in [0.4, 0.5) is 5.69 Å². The summed E-state index contributed by atoms with van der Waals surface area (Å²) in [5.41, 5.74) is 3.19.